The van der Waals surface area contributed by atoms with Gasteiger partial charge in [0.05, 0.1) is 25.7 Å². The Labute approximate surface area is 192 Å². The van der Waals surface area contributed by atoms with Crippen molar-refractivity contribution in [2.45, 2.75) is 30.4 Å². The minimum atomic E-state index is -3.90. The van der Waals surface area contributed by atoms with Crippen LogP contribution in [0.2, 0.25) is 0 Å². The highest BCUT2D eigenvalue weighted by molar-refractivity contribution is 7.89. The smallest absolute Gasteiger partial charge is 0.261 e. The summed E-state index contributed by atoms with van der Waals surface area (Å²) in [5.41, 5.74) is -0.448. The van der Waals surface area contributed by atoms with E-state index < -0.39 is 21.6 Å². The Kier molecular flexibility index (Phi) is 6.35. The summed E-state index contributed by atoms with van der Waals surface area (Å²) in [4.78, 5) is 15.0. The zero-order chi connectivity index (χ0) is 23.8. The fourth-order valence-electron chi connectivity index (χ4n) is 4.51. The molecule has 2 saturated heterocycles. The largest absolute Gasteiger partial charge is 0.496 e. The molecule has 2 aliphatic rings. The molecule has 178 valence electrons. The van der Waals surface area contributed by atoms with Crippen molar-refractivity contribution in [3.63, 3.8) is 0 Å². The van der Waals surface area contributed by atoms with Gasteiger partial charge in [0.25, 0.3) is 5.91 Å². The fourth-order valence-corrected chi connectivity index (χ4v) is 6.32. The number of halogens is 1. The first kappa shape index (κ1) is 23.5. The predicted molar refractivity (Wildman–Crippen MR) is 118 cm³/mol. The molecular formula is C23H27FN2O6S. The lowest BCUT2D eigenvalue weighted by Crippen LogP contribution is -2.55. The van der Waals surface area contributed by atoms with E-state index in [1.54, 1.807) is 23.1 Å². The monoisotopic (exact) mass is 478 g/mol. The average molecular weight is 479 g/mol. The molecule has 2 aliphatic heterocycles. The number of amides is 1. The number of methoxy groups -OCH3 is 2. The molecule has 0 radical (unpaired) electrons. The minimum absolute atomic E-state index is 0.0311. The second kappa shape index (κ2) is 8.92. The van der Waals surface area contributed by atoms with Crippen LogP contribution in [0.1, 0.15) is 28.8 Å². The Morgan fingerprint density at radius 1 is 1.06 bits per heavy atom. The van der Waals surface area contributed by atoms with Gasteiger partial charge in [-0.2, -0.15) is 4.31 Å². The van der Waals surface area contributed by atoms with Crippen molar-refractivity contribution < 1.29 is 31.8 Å². The molecule has 4 rings (SSSR count). The van der Waals surface area contributed by atoms with E-state index in [4.69, 9.17) is 14.2 Å². The molecule has 2 aromatic rings. The molecule has 2 heterocycles. The third-order valence-electron chi connectivity index (χ3n) is 6.31. The molecular weight excluding hydrogens is 451 g/mol. The molecule has 2 fully saturated rings. The second-order valence-electron chi connectivity index (χ2n) is 8.11. The molecule has 0 bridgehead atoms. The van der Waals surface area contributed by atoms with Gasteiger partial charge in [0, 0.05) is 32.5 Å². The number of sulfonamides is 1. The van der Waals surface area contributed by atoms with Crippen molar-refractivity contribution in [2.75, 3.05) is 40.5 Å². The Balaban J connectivity index is 1.56. The van der Waals surface area contributed by atoms with Crippen LogP contribution in [0.3, 0.4) is 0 Å². The summed E-state index contributed by atoms with van der Waals surface area (Å²) in [5, 5.41) is 0. The number of piperidine rings is 1. The van der Waals surface area contributed by atoms with Crippen LogP contribution in [0, 0.1) is 12.7 Å². The number of carbonyl (C=O) groups excluding carboxylic acids is 1. The fraction of sp³-hybridized carbons (Fsp3) is 0.435. The zero-order valence-corrected chi connectivity index (χ0v) is 19.7. The molecule has 0 saturated carbocycles. The van der Waals surface area contributed by atoms with Gasteiger partial charge in [0.2, 0.25) is 10.0 Å². The standard InChI is InChI=1S/C23H27FN2O6S/c1-16-15-17(7-8-18(16)24)33(28,29)26-13-14-32-23(26)9-11-25(12-10-23)22(27)21-19(30-2)5-4-6-20(21)31-3/h4-8,15H,9-14H2,1-3H3. The van der Waals surface area contributed by atoms with E-state index in [0.717, 1.165) is 6.07 Å². The Hall–Kier alpha value is -2.69. The van der Waals surface area contributed by atoms with Crippen LogP contribution in [0.25, 0.3) is 0 Å². The van der Waals surface area contributed by atoms with Crippen LogP contribution in [0.5, 0.6) is 11.5 Å². The summed E-state index contributed by atoms with van der Waals surface area (Å²) < 4.78 is 58.5. The number of hydrogen-bond acceptors (Lipinski definition) is 6. The number of benzene rings is 2. The number of aryl methyl sites for hydroxylation is 1. The van der Waals surface area contributed by atoms with E-state index in [1.807, 2.05) is 0 Å². The van der Waals surface area contributed by atoms with E-state index >= 15 is 0 Å². The van der Waals surface area contributed by atoms with Crippen molar-refractivity contribution in [1.82, 2.24) is 9.21 Å². The number of likely N-dealkylation sites (tertiary alicyclic amines) is 1. The van der Waals surface area contributed by atoms with Gasteiger partial charge in [-0.1, -0.05) is 6.07 Å². The topological polar surface area (TPSA) is 85.4 Å². The van der Waals surface area contributed by atoms with Crippen LogP contribution in [0.4, 0.5) is 4.39 Å². The Bertz CT molecular complexity index is 1140. The van der Waals surface area contributed by atoms with Crippen molar-refractivity contribution >= 4 is 15.9 Å². The van der Waals surface area contributed by atoms with Gasteiger partial charge in [0.1, 0.15) is 28.6 Å². The van der Waals surface area contributed by atoms with E-state index in [9.17, 15) is 17.6 Å². The van der Waals surface area contributed by atoms with Gasteiger partial charge < -0.3 is 19.1 Å². The Morgan fingerprint density at radius 3 is 2.27 bits per heavy atom. The molecule has 0 aliphatic carbocycles. The first-order valence-electron chi connectivity index (χ1n) is 10.7. The summed E-state index contributed by atoms with van der Waals surface area (Å²) in [7, 11) is -0.921. The lowest BCUT2D eigenvalue weighted by molar-refractivity contribution is -0.0857. The number of ether oxygens (including phenoxy) is 3. The maximum Gasteiger partial charge on any atom is 0.261 e. The zero-order valence-electron chi connectivity index (χ0n) is 18.8. The van der Waals surface area contributed by atoms with Gasteiger partial charge in [-0.25, -0.2) is 12.8 Å². The van der Waals surface area contributed by atoms with Crippen molar-refractivity contribution in [3.05, 3.63) is 53.3 Å². The molecule has 33 heavy (non-hydrogen) atoms. The van der Waals surface area contributed by atoms with Crippen LogP contribution in [0.15, 0.2) is 41.3 Å². The van der Waals surface area contributed by atoms with Gasteiger partial charge in [0.15, 0.2) is 0 Å². The highest BCUT2D eigenvalue weighted by Gasteiger charge is 2.51. The molecule has 0 atom stereocenters. The normalized spacial score (nSPS) is 18.5. The van der Waals surface area contributed by atoms with Crippen LogP contribution in [-0.2, 0) is 14.8 Å². The lowest BCUT2D eigenvalue weighted by Gasteiger charge is -2.43. The number of carbonyl (C=O) groups is 1. The second-order valence-corrected chi connectivity index (χ2v) is 9.97. The first-order chi connectivity index (χ1) is 15.7. The molecule has 0 aromatic heterocycles. The van der Waals surface area contributed by atoms with Crippen molar-refractivity contribution in [2.24, 2.45) is 0 Å². The van der Waals surface area contributed by atoms with Gasteiger partial charge in [-0.05, 0) is 42.8 Å². The molecule has 0 unspecified atom stereocenters. The van der Waals surface area contributed by atoms with Crippen molar-refractivity contribution in [1.29, 1.82) is 0 Å². The summed E-state index contributed by atoms with van der Waals surface area (Å²) in [6.07, 6.45) is 0.630. The summed E-state index contributed by atoms with van der Waals surface area (Å²) in [6.45, 7) is 2.59. The molecule has 8 nitrogen and oxygen atoms in total. The van der Waals surface area contributed by atoms with Gasteiger partial charge >= 0.3 is 0 Å². The lowest BCUT2D eigenvalue weighted by atomic mass is 9.99. The number of rotatable bonds is 5. The molecule has 1 amide bonds. The average Bonchev–Trinajstić information content (AvgIpc) is 3.23. The number of nitrogens with zero attached hydrogens (tertiary/aromatic N) is 2. The van der Waals surface area contributed by atoms with Gasteiger partial charge in [-0.15, -0.1) is 0 Å². The molecule has 10 heteroatoms. The third-order valence-corrected chi connectivity index (χ3v) is 8.26. The summed E-state index contributed by atoms with van der Waals surface area (Å²) in [5.74, 6) is 0.112. The predicted octanol–water partition coefficient (Wildman–Crippen LogP) is 2.80. The maximum atomic E-state index is 13.7. The van der Waals surface area contributed by atoms with Crippen molar-refractivity contribution in [3.8, 4) is 11.5 Å². The quantitative estimate of drug-likeness (QED) is 0.657. The van der Waals surface area contributed by atoms with Crippen LogP contribution < -0.4 is 9.47 Å². The maximum absolute atomic E-state index is 13.7. The highest BCUT2D eigenvalue weighted by Crippen LogP contribution is 2.39. The summed E-state index contributed by atoms with van der Waals surface area (Å²) >= 11 is 0. The SMILES string of the molecule is COc1cccc(OC)c1C(=O)N1CCC2(CC1)OCCN2S(=O)(=O)c1ccc(F)c(C)c1. The van der Waals surface area contributed by atoms with Crippen LogP contribution in [-0.4, -0.2) is 69.7 Å². The van der Waals surface area contributed by atoms with E-state index in [-0.39, 0.29) is 29.5 Å². The van der Waals surface area contributed by atoms with E-state index in [2.05, 4.69) is 0 Å². The molecule has 1 spiro atoms. The molecule has 2 aromatic carbocycles. The molecule has 0 N–H and O–H groups in total. The van der Waals surface area contributed by atoms with Gasteiger partial charge in [-0.3, -0.25) is 4.79 Å². The third kappa shape index (κ3) is 4.07. The summed E-state index contributed by atoms with van der Waals surface area (Å²) in [6, 6.07) is 8.90. The van der Waals surface area contributed by atoms with Crippen LogP contribution >= 0.6 is 0 Å². The number of hydrogen-bond donors (Lipinski definition) is 0. The minimum Gasteiger partial charge on any atom is -0.496 e. The highest BCUT2D eigenvalue weighted by atomic mass is 32.2. The Morgan fingerprint density at radius 2 is 1.70 bits per heavy atom. The van der Waals surface area contributed by atoms with E-state index in [1.165, 1.54) is 37.6 Å². The first-order valence-corrected chi connectivity index (χ1v) is 12.1. The van der Waals surface area contributed by atoms with E-state index in [0.29, 0.717) is 43.0 Å².